The number of benzene rings is 1. The molecule has 5 heteroatoms. The van der Waals surface area contributed by atoms with Crippen LogP contribution < -0.4 is 10.1 Å². The molecule has 0 saturated heterocycles. The molecule has 5 nitrogen and oxygen atoms in total. The predicted octanol–water partition coefficient (Wildman–Crippen LogP) is 2.03. The van der Waals surface area contributed by atoms with Crippen molar-refractivity contribution in [3.8, 4) is 5.75 Å². The number of fused-ring (bicyclic) bond motifs is 1. The fourth-order valence-electron chi connectivity index (χ4n) is 2.65. The van der Waals surface area contributed by atoms with Gasteiger partial charge in [-0.05, 0) is 19.0 Å². The number of aryl methyl sites for hydroxylation is 1. The van der Waals surface area contributed by atoms with Crippen LogP contribution in [-0.4, -0.2) is 28.1 Å². The number of para-hydroxylation sites is 1. The summed E-state index contributed by atoms with van der Waals surface area (Å²) in [5.41, 5.74) is 1.27. The van der Waals surface area contributed by atoms with Crippen molar-refractivity contribution in [1.29, 1.82) is 0 Å². The van der Waals surface area contributed by atoms with Crippen LogP contribution in [0.2, 0.25) is 0 Å². The van der Waals surface area contributed by atoms with E-state index in [4.69, 9.17) is 4.74 Å². The summed E-state index contributed by atoms with van der Waals surface area (Å²) in [5.74, 6) is 1.50. The third-order valence-electron chi connectivity index (χ3n) is 3.73. The summed E-state index contributed by atoms with van der Waals surface area (Å²) in [4.78, 5) is 0. The number of hydrogen-bond donors (Lipinski definition) is 1. The predicted molar refractivity (Wildman–Crippen MR) is 76.5 cm³/mol. The van der Waals surface area contributed by atoms with Crippen molar-refractivity contribution in [2.75, 3.05) is 13.2 Å². The van der Waals surface area contributed by atoms with Gasteiger partial charge in [0, 0.05) is 30.3 Å². The van der Waals surface area contributed by atoms with Crippen LogP contribution in [0.15, 0.2) is 36.7 Å². The number of nitrogens with one attached hydrogen (secondary N) is 1. The van der Waals surface area contributed by atoms with E-state index in [9.17, 15) is 0 Å². The molecule has 1 aromatic heterocycles. The lowest BCUT2D eigenvalue weighted by Gasteiger charge is -2.32. The topological polar surface area (TPSA) is 52.0 Å². The zero-order chi connectivity index (χ0) is 13.8. The fourth-order valence-corrected chi connectivity index (χ4v) is 2.65. The van der Waals surface area contributed by atoms with Crippen LogP contribution in [-0.2, 0) is 6.54 Å². The van der Waals surface area contributed by atoms with Crippen molar-refractivity contribution in [2.45, 2.75) is 25.9 Å². The first-order chi connectivity index (χ1) is 9.84. The Balaban J connectivity index is 1.56. The quantitative estimate of drug-likeness (QED) is 0.846. The van der Waals surface area contributed by atoms with Gasteiger partial charge in [-0.2, -0.15) is 0 Å². The normalized spacial score (nSPS) is 21.2. The SMILES string of the molecule is CC1COc2ccccc2C1NCCCn1ccnn1. The van der Waals surface area contributed by atoms with Crippen LogP contribution in [0.4, 0.5) is 0 Å². The van der Waals surface area contributed by atoms with Gasteiger partial charge >= 0.3 is 0 Å². The maximum absolute atomic E-state index is 5.77. The standard InChI is InChI=1S/C15H20N4O/c1-12-11-20-14-6-3-2-5-13(14)15(12)16-7-4-9-19-10-8-17-18-19/h2-3,5-6,8,10,12,15-16H,4,7,9,11H2,1H3. The van der Waals surface area contributed by atoms with E-state index in [1.54, 1.807) is 6.20 Å². The molecule has 0 radical (unpaired) electrons. The highest BCUT2D eigenvalue weighted by Gasteiger charge is 2.26. The monoisotopic (exact) mass is 272 g/mol. The minimum absolute atomic E-state index is 0.371. The summed E-state index contributed by atoms with van der Waals surface area (Å²) in [6, 6.07) is 8.67. The average molecular weight is 272 g/mol. The Hall–Kier alpha value is -1.88. The van der Waals surface area contributed by atoms with Gasteiger partial charge in [0.05, 0.1) is 12.8 Å². The molecule has 0 spiro atoms. The van der Waals surface area contributed by atoms with E-state index in [1.165, 1.54) is 5.56 Å². The molecule has 1 N–H and O–H groups in total. The second-order valence-corrected chi connectivity index (χ2v) is 5.28. The first-order valence-electron chi connectivity index (χ1n) is 7.14. The van der Waals surface area contributed by atoms with E-state index in [-0.39, 0.29) is 0 Å². The number of hydrogen-bond acceptors (Lipinski definition) is 4. The lowest BCUT2D eigenvalue weighted by atomic mass is 9.92. The molecule has 2 unspecified atom stereocenters. The third kappa shape index (κ3) is 2.82. The Kier molecular flexibility index (Phi) is 3.97. The minimum atomic E-state index is 0.371. The molecule has 2 aromatic rings. The molecule has 1 aliphatic rings. The van der Waals surface area contributed by atoms with E-state index in [0.717, 1.165) is 31.9 Å². The van der Waals surface area contributed by atoms with Crippen molar-refractivity contribution in [2.24, 2.45) is 5.92 Å². The van der Waals surface area contributed by atoms with Gasteiger partial charge in [-0.3, -0.25) is 4.68 Å². The molecule has 20 heavy (non-hydrogen) atoms. The van der Waals surface area contributed by atoms with E-state index < -0.39 is 0 Å². The lowest BCUT2D eigenvalue weighted by Crippen LogP contribution is -2.34. The number of aromatic nitrogens is 3. The summed E-state index contributed by atoms with van der Waals surface area (Å²) in [6.45, 7) is 4.86. The van der Waals surface area contributed by atoms with Gasteiger partial charge < -0.3 is 10.1 Å². The molecule has 0 bridgehead atoms. The van der Waals surface area contributed by atoms with Crippen LogP contribution in [0.1, 0.15) is 24.9 Å². The molecule has 3 rings (SSSR count). The molecule has 0 amide bonds. The van der Waals surface area contributed by atoms with Crippen molar-refractivity contribution in [1.82, 2.24) is 20.3 Å². The molecule has 0 aliphatic carbocycles. The van der Waals surface area contributed by atoms with Crippen LogP contribution in [0.25, 0.3) is 0 Å². The van der Waals surface area contributed by atoms with E-state index >= 15 is 0 Å². The molecule has 0 fully saturated rings. The van der Waals surface area contributed by atoms with Gasteiger partial charge in [0.15, 0.2) is 0 Å². The summed E-state index contributed by atoms with van der Waals surface area (Å²) in [5, 5.41) is 11.4. The number of nitrogens with zero attached hydrogens (tertiary/aromatic N) is 3. The highest BCUT2D eigenvalue weighted by Crippen LogP contribution is 2.34. The highest BCUT2D eigenvalue weighted by atomic mass is 16.5. The van der Waals surface area contributed by atoms with Crippen LogP contribution in [0.5, 0.6) is 5.75 Å². The Morgan fingerprint density at radius 1 is 1.40 bits per heavy atom. The molecule has 2 atom stereocenters. The van der Waals surface area contributed by atoms with Gasteiger partial charge in [0.25, 0.3) is 0 Å². The van der Waals surface area contributed by atoms with Crippen molar-refractivity contribution >= 4 is 0 Å². The Morgan fingerprint density at radius 3 is 3.15 bits per heavy atom. The minimum Gasteiger partial charge on any atom is -0.493 e. The molecule has 1 aliphatic heterocycles. The van der Waals surface area contributed by atoms with Gasteiger partial charge in [0.2, 0.25) is 0 Å². The largest absolute Gasteiger partial charge is 0.493 e. The second kappa shape index (κ2) is 6.05. The summed E-state index contributed by atoms with van der Waals surface area (Å²) >= 11 is 0. The Labute approximate surface area is 118 Å². The second-order valence-electron chi connectivity index (χ2n) is 5.28. The molecular formula is C15H20N4O. The molecular weight excluding hydrogens is 252 g/mol. The molecule has 1 aromatic carbocycles. The van der Waals surface area contributed by atoms with Crippen LogP contribution >= 0.6 is 0 Å². The lowest BCUT2D eigenvalue weighted by molar-refractivity contribution is 0.188. The van der Waals surface area contributed by atoms with Gasteiger partial charge in [-0.1, -0.05) is 30.3 Å². The van der Waals surface area contributed by atoms with Gasteiger partial charge in [-0.15, -0.1) is 5.10 Å². The van der Waals surface area contributed by atoms with Crippen molar-refractivity contribution in [3.05, 3.63) is 42.2 Å². The zero-order valence-electron chi connectivity index (χ0n) is 11.7. The molecule has 2 heterocycles. The fraction of sp³-hybridized carbons (Fsp3) is 0.467. The van der Waals surface area contributed by atoms with Gasteiger partial charge in [0.1, 0.15) is 5.75 Å². The van der Waals surface area contributed by atoms with E-state index in [1.807, 2.05) is 23.0 Å². The number of rotatable bonds is 5. The Bertz CT molecular complexity index is 541. The summed E-state index contributed by atoms with van der Waals surface area (Å²) in [6.07, 6.45) is 4.65. The maximum atomic E-state index is 5.77. The van der Waals surface area contributed by atoms with Crippen molar-refractivity contribution < 1.29 is 4.74 Å². The van der Waals surface area contributed by atoms with Crippen molar-refractivity contribution in [3.63, 3.8) is 0 Å². The molecule has 106 valence electrons. The number of ether oxygens (including phenoxy) is 1. The maximum Gasteiger partial charge on any atom is 0.124 e. The van der Waals surface area contributed by atoms with Crippen LogP contribution in [0, 0.1) is 5.92 Å². The highest BCUT2D eigenvalue weighted by molar-refractivity contribution is 5.37. The third-order valence-corrected chi connectivity index (χ3v) is 3.73. The van der Waals surface area contributed by atoms with E-state index in [0.29, 0.717) is 12.0 Å². The first-order valence-corrected chi connectivity index (χ1v) is 7.14. The smallest absolute Gasteiger partial charge is 0.124 e. The summed E-state index contributed by atoms with van der Waals surface area (Å²) in [7, 11) is 0. The van der Waals surface area contributed by atoms with E-state index in [2.05, 4.69) is 34.7 Å². The average Bonchev–Trinajstić information content (AvgIpc) is 2.98. The molecule has 0 saturated carbocycles. The Morgan fingerprint density at radius 2 is 2.30 bits per heavy atom. The van der Waals surface area contributed by atoms with Gasteiger partial charge in [-0.25, -0.2) is 0 Å². The zero-order valence-corrected chi connectivity index (χ0v) is 11.7. The first kappa shape index (κ1) is 13.1. The van der Waals surface area contributed by atoms with Crippen LogP contribution in [0.3, 0.4) is 0 Å². The summed E-state index contributed by atoms with van der Waals surface area (Å²) < 4.78 is 7.63.